The molecular weight excluding hydrogens is 437 g/mol. The van der Waals surface area contributed by atoms with Gasteiger partial charge in [-0.2, -0.15) is 0 Å². The largest absolute Gasteiger partial charge is 0.481 e. The molecule has 9 heteroatoms. The van der Waals surface area contributed by atoms with Gasteiger partial charge in [-0.1, -0.05) is 23.7 Å². The van der Waals surface area contributed by atoms with Crippen molar-refractivity contribution in [2.45, 2.75) is 45.3 Å². The molecule has 2 heterocycles. The Bertz CT molecular complexity index is 957. The van der Waals surface area contributed by atoms with Crippen LogP contribution in [-0.2, 0) is 22.6 Å². The van der Waals surface area contributed by atoms with Gasteiger partial charge in [-0.05, 0) is 44.0 Å². The molecule has 0 bridgehead atoms. The lowest BCUT2D eigenvalue weighted by molar-refractivity contribution is -0.140. The summed E-state index contributed by atoms with van der Waals surface area (Å²) in [7, 11) is 0. The van der Waals surface area contributed by atoms with Gasteiger partial charge in [0, 0.05) is 49.9 Å². The summed E-state index contributed by atoms with van der Waals surface area (Å²) in [6.45, 7) is 5.77. The zero-order chi connectivity index (χ0) is 23.3. The van der Waals surface area contributed by atoms with Crippen LogP contribution in [0.2, 0.25) is 5.02 Å². The van der Waals surface area contributed by atoms with E-state index in [0.717, 1.165) is 5.56 Å². The number of aryl methyl sites for hydroxylation is 1. The molecule has 0 spiro atoms. The molecule has 32 heavy (non-hydrogen) atoms. The molecule has 1 saturated heterocycles. The zero-order valence-corrected chi connectivity index (χ0v) is 18.9. The van der Waals surface area contributed by atoms with Crippen molar-refractivity contribution in [2.75, 3.05) is 19.7 Å². The third-order valence-electron chi connectivity index (χ3n) is 5.57. The molecule has 0 unspecified atom stereocenters. The number of ether oxygens (including phenoxy) is 1. The highest BCUT2D eigenvalue weighted by atomic mass is 35.5. The highest BCUT2D eigenvalue weighted by molar-refractivity contribution is 6.30. The molecule has 1 fully saturated rings. The Morgan fingerprint density at radius 1 is 1.22 bits per heavy atom. The first-order valence-electron chi connectivity index (χ1n) is 10.5. The number of hydrogen-bond acceptors (Lipinski definition) is 5. The van der Waals surface area contributed by atoms with Gasteiger partial charge >= 0.3 is 5.97 Å². The predicted molar refractivity (Wildman–Crippen MR) is 118 cm³/mol. The lowest BCUT2D eigenvalue weighted by atomic mass is 10.1. The van der Waals surface area contributed by atoms with Crippen LogP contribution >= 0.6 is 11.6 Å². The number of nitrogens with zero attached hydrogens (tertiary/aromatic N) is 3. The number of piperazine rings is 1. The molecule has 0 saturated carbocycles. The maximum absolute atomic E-state index is 13.2. The number of halogens is 2. The second-order valence-electron chi connectivity index (χ2n) is 8.10. The summed E-state index contributed by atoms with van der Waals surface area (Å²) in [5.74, 6) is -1.13. The Morgan fingerprint density at radius 2 is 1.94 bits per heavy atom. The van der Waals surface area contributed by atoms with E-state index in [1.54, 1.807) is 23.1 Å². The molecule has 1 aliphatic rings. The van der Waals surface area contributed by atoms with Crippen molar-refractivity contribution in [3.05, 3.63) is 58.5 Å². The van der Waals surface area contributed by atoms with Crippen LogP contribution in [-0.4, -0.2) is 63.5 Å². The molecule has 172 valence electrons. The smallest absolute Gasteiger partial charge is 0.303 e. The maximum atomic E-state index is 13.2. The first-order valence-corrected chi connectivity index (χ1v) is 10.9. The van der Waals surface area contributed by atoms with Gasteiger partial charge in [0.1, 0.15) is 5.82 Å². The Hall–Kier alpha value is -2.71. The van der Waals surface area contributed by atoms with E-state index in [1.165, 1.54) is 18.3 Å². The van der Waals surface area contributed by atoms with Crippen molar-refractivity contribution in [3.63, 3.8) is 0 Å². The third kappa shape index (κ3) is 6.40. The van der Waals surface area contributed by atoms with Gasteiger partial charge in [-0.15, -0.1) is 0 Å². The zero-order valence-electron chi connectivity index (χ0n) is 18.1. The molecule has 1 N–H and O–H groups in total. The number of amides is 1. The van der Waals surface area contributed by atoms with Gasteiger partial charge in [0.2, 0.25) is 5.88 Å². The molecule has 1 aliphatic heterocycles. The molecule has 2 aromatic rings. The average molecular weight is 464 g/mol. The number of benzene rings is 1. The summed E-state index contributed by atoms with van der Waals surface area (Å²) in [6.07, 6.45) is 1.53. The Kier molecular flexibility index (Phi) is 8.04. The van der Waals surface area contributed by atoms with Crippen LogP contribution < -0.4 is 4.74 Å². The van der Waals surface area contributed by atoms with E-state index in [0.29, 0.717) is 30.2 Å². The van der Waals surface area contributed by atoms with Crippen molar-refractivity contribution in [1.82, 2.24) is 14.8 Å². The van der Waals surface area contributed by atoms with Gasteiger partial charge < -0.3 is 14.7 Å². The fourth-order valence-electron chi connectivity index (χ4n) is 3.82. The third-order valence-corrected chi connectivity index (χ3v) is 5.77. The SMILES string of the molecule is C[C@@H]1CN(Cc2ccc(F)cc2)[C@@H](C)CN1C(=O)COc1ncc(Cl)cc1CCC(=O)O. The van der Waals surface area contributed by atoms with Crippen LogP contribution in [0.5, 0.6) is 5.88 Å². The topological polar surface area (TPSA) is 83.0 Å². The number of carbonyl (C=O) groups is 2. The predicted octanol–water partition coefficient (Wildman–Crippen LogP) is 3.39. The molecule has 1 aromatic carbocycles. The Balaban J connectivity index is 1.58. The van der Waals surface area contributed by atoms with Gasteiger partial charge in [-0.25, -0.2) is 9.37 Å². The maximum Gasteiger partial charge on any atom is 0.303 e. The normalized spacial score (nSPS) is 19.1. The highest BCUT2D eigenvalue weighted by Crippen LogP contribution is 2.22. The number of pyridine rings is 1. The number of carboxylic acids is 1. The second-order valence-corrected chi connectivity index (χ2v) is 8.54. The standard InChI is InChI=1S/C23H27ClFN3O4/c1-15-12-28(16(2)11-27(15)13-17-3-6-20(25)7-4-17)21(29)14-32-23-18(5-8-22(30)31)9-19(24)10-26-23/h3-4,6-7,9-10,15-16H,5,8,11-14H2,1-2H3,(H,30,31)/t15-,16+/m0/s1. The highest BCUT2D eigenvalue weighted by Gasteiger charge is 2.32. The second kappa shape index (κ2) is 10.7. The van der Waals surface area contributed by atoms with Crippen LogP contribution in [0, 0.1) is 5.82 Å². The van der Waals surface area contributed by atoms with Crippen molar-refractivity contribution in [2.24, 2.45) is 0 Å². The Morgan fingerprint density at radius 3 is 2.62 bits per heavy atom. The van der Waals surface area contributed by atoms with Crippen LogP contribution in [0.25, 0.3) is 0 Å². The van der Waals surface area contributed by atoms with Crippen LogP contribution in [0.1, 0.15) is 31.4 Å². The van der Waals surface area contributed by atoms with E-state index < -0.39 is 5.97 Å². The van der Waals surface area contributed by atoms with Crippen LogP contribution in [0.15, 0.2) is 36.5 Å². The summed E-state index contributed by atoms with van der Waals surface area (Å²) >= 11 is 5.97. The van der Waals surface area contributed by atoms with Gasteiger partial charge in [-0.3, -0.25) is 14.5 Å². The van der Waals surface area contributed by atoms with Gasteiger partial charge in [0.15, 0.2) is 6.61 Å². The van der Waals surface area contributed by atoms with Crippen LogP contribution in [0.4, 0.5) is 4.39 Å². The quantitative estimate of drug-likeness (QED) is 0.646. The molecular formula is C23H27ClFN3O4. The first-order chi connectivity index (χ1) is 15.2. The minimum absolute atomic E-state index is 0.0209. The van der Waals surface area contributed by atoms with Crippen LogP contribution in [0.3, 0.4) is 0 Å². The number of aromatic nitrogens is 1. The molecule has 2 atom stereocenters. The lowest BCUT2D eigenvalue weighted by Crippen LogP contribution is -2.58. The fraction of sp³-hybridized carbons (Fsp3) is 0.435. The molecule has 1 aromatic heterocycles. The van der Waals surface area contributed by atoms with Gasteiger partial charge in [0.25, 0.3) is 5.91 Å². The van der Waals surface area contributed by atoms with E-state index in [1.807, 2.05) is 6.92 Å². The van der Waals surface area contributed by atoms with Crippen molar-refractivity contribution in [1.29, 1.82) is 0 Å². The van der Waals surface area contributed by atoms with E-state index in [2.05, 4.69) is 16.8 Å². The first kappa shape index (κ1) is 23.9. The summed E-state index contributed by atoms with van der Waals surface area (Å²) in [5.41, 5.74) is 1.58. The molecule has 0 radical (unpaired) electrons. The Labute approximate surface area is 191 Å². The molecule has 7 nitrogen and oxygen atoms in total. The van der Waals surface area contributed by atoms with Gasteiger partial charge in [0.05, 0.1) is 5.02 Å². The number of hydrogen-bond donors (Lipinski definition) is 1. The molecule has 3 rings (SSSR count). The number of aliphatic carboxylic acids is 1. The van der Waals surface area contributed by atoms with Crippen molar-refractivity contribution in [3.8, 4) is 5.88 Å². The summed E-state index contributed by atoms with van der Waals surface area (Å²) < 4.78 is 18.8. The van der Waals surface area contributed by atoms with E-state index >= 15 is 0 Å². The van der Waals surface area contributed by atoms with E-state index in [4.69, 9.17) is 21.4 Å². The summed E-state index contributed by atoms with van der Waals surface area (Å²) in [5, 5.41) is 9.31. The number of carboxylic acid groups (broad SMARTS) is 1. The average Bonchev–Trinajstić information content (AvgIpc) is 2.75. The number of carbonyl (C=O) groups excluding carboxylic acids is 1. The molecule has 1 amide bonds. The minimum atomic E-state index is -0.937. The minimum Gasteiger partial charge on any atom is -0.481 e. The fourth-order valence-corrected chi connectivity index (χ4v) is 4.00. The summed E-state index contributed by atoms with van der Waals surface area (Å²) in [4.78, 5) is 31.9. The summed E-state index contributed by atoms with van der Waals surface area (Å²) in [6, 6.07) is 8.17. The molecule has 0 aliphatic carbocycles. The lowest BCUT2D eigenvalue weighted by Gasteiger charge is -2.44. The van der Waals surface area contributed by atoms with E-state index in [9.17, 15) is 14.0 Å². The van der Waals surface area contributed by atoms with E-state index in [-0.39, 0.29) is 49.1 Å². The van der Waals surface area contributed by atoms with Crippen molar-refractivity contribution < 1.29 is 23.8 Å². The van der Waals surface area contributed by atoms with Crippen molar-refractivity contribution >= 4 is 23.5 Å². The number of rotatable bonds is 8. The monoisotopic (exact) mass is 463 g/mol.